The Morgan fingerprint density at radius 3 is 3.04 bits per heavy atom. The van der Waals surface area contributed by atoms with Crippen LogP contribution in [-0.2, 0) is 19.5 Å². The highest BCUT2D eigenvalue weighted by atomic mass is 32.2. The van der Waals surface area contributed by atoms with E-state index in [9.17, 15) is 0 Å². The summed E-state index contributed by atoms with van der Waals surface area (Å²) in [6, 6.07) is 14.1. The Kier molecular flexibility index (Phi) is 4.74. The molecule has 0 amide bonds. The third-order valence-electron chi connectivity index (χ3n) is 4.65. The second-order valence-electron chi connectivity index (χ2n) is 6.32. The standard InChI is InChI=1S/C20H19N5S/c1-26-20-22-12-16-13-24(9-7-19(16)23-20)14-18-6-3-8-25(18)17-5-2-4-15(10-17)11-21/h2-6,8,10,12H,7,9,13-14H2,1H3. The van der Waals surface area contributed by atoms with Gasteiger partial charge in [0.25, 0.3) is 0 Å². The fraction of sp³-hybridized carbons (Fsp3) is 0.250. The topological polar surface area (TPSA) is 57.7 Å². The normalized spacial score (nSPS) is 14.0. The number of fused-ring (bicyclic) bond motifs is 1. The van der Waals surface area contributed by atoms with Crippen molar-refractivity contribution in [2.45, 2.75) is 24.7 Å². The summed E-state index contributed by atoms with van der Waals surface area (Å²) in [4.78, 5) is 11.5. The number of nitriles is 1. The van der Waals surface area contributed by atoms with E-state index in [1.807, 2.05) is 36.7 Å². The van der Waals surface area contributed by atoms with Gasteiger partial charge in [0.15, 0.2) is 5.16 Å². The van der Waals surface area contributed by atoms with Crippen LogP contribution < -0.4 is 0 Å². The molecule has 0 fully saturated rings. The average Bonchev–Trinajstić information content (AvgIpc) is 3.15. The highest BCUT2D eigenvalue weighted by molar-refractivity contribution is 7.98. The lowest BCUT2D eigenvalue weighted by Crippen LogP contribution is -2.31. The Morgan fingerprint density at radius 2 is 2.19 bits per heavy atom. The lowest BCUT2D eigenvalue weighted by atomic mass is 10.1. The van der Waals surface area contributed by atoms with E-state index in [2.05, 4.69) is 43.8 Å². The van der Waals surface area contributed by atoms with Gasteiger partial charge in [-0.05, 0) is 36.6 Å². The summed E-state index contributed by atoms with van der Waals surface area (Å²) in [5, 5.41) is 9.99. The Hall–Kier alpha value is -2.62. The van der Waals surface area contributed by atoms with Gasteiger partial charge in [0.05, 0.1) is 17.3 Å². The van der Waals surface area contributed by atoms with E-state index in [4.69, 9.17) is 5.26 Å². The molecule has 0 saturated heterocycles. The maximum Gasteiger partial charge on any atom is 0.187 e. The summed E-state index contributed by atoms with van der Waals surface area (Å²) < 4.78 is 2.16. The van der Waals surface area contributed by atoms with E-state index < -0.39 is 0 Å². The van der Waals surface area contributed by atoms with Crippen LogP contribution in [0.4, 0.5) is 0 Å². The molecule has 4 rings (SSSR count). The highest BCUT2D eigenvalue weighted by Crippen LogP contribution is 2.22. The number of benzene rings is 1. The lowest BCUT2D eigenvalue weighted by Gasteiger charge is -2.28. The number of hydrogen-bond acceptors (Lipinski definition) is 5. The summed E-state index contributed by atoms with van der Waals surface area (Å²) >= 11 is 1.59. The maximum atomic E-state index is 9.14. The van der Waals surface area contributed by atoms with Crippen LogP contribution in [-0.4, -0.2) is 32.2 Å². The molecular formula is C20H19N5S. The molecule has 2 aromatic heterocycles. The van der Waals surface area contributed by atoms with Gasteiger partial charge in [0.2, 0.25) is 0 Å². The van der Waals surface area contributed by atoms with Crippen molar-refractivity contribution in [2.75, 3.05) is 12.8 Å². The van der Waals surface area contributed by atoms with Crippen molar-refractivity contribution >= 4 is 11.8 Å². The molecule has 1 aliphatic heterocycles. The van der Waals surface area contributed by atoms with Crippen molar-refractivity contribution < 1.29 is 0 Å². The van der Waals surface area contributed by atoms with Crippen LogP contribution in [0.2, 0.25) is 0 Å². The van der Waals surface area contributed by atoms with E-state index in [0.717, 1.165) is 36.9 Å². The monoisotopic (exact) mass is 361 g/mol. The van der Waals surface area contributed by atoms with E-state index in [1.165, 1.54) is 17.0 Å². The summed E-state index contributed by atoms with van der Waals surface area (Å²) in [6.07, 6.45) is 6.98. The van der Waals surface area contributed by atoms with Crippen molar-refractivity contribution in [3.8, 4) is 11.8 Å². The maximum absolute atomic E-state index is 9.14. The molecule has 0 saturated carbocycles. The van der Waals surface area contributed by atoms with Crippen LogP contribution in [0.15, 0.2) is 53.9 Å². The molecular weight excluding hydrogens is 342 g/mol. The number of aromatic nitrogens is 3. The Morgan fingerprint density at radius 1 is 1.27 bits per heavy atom. The van der Waals surface area contributed by atoms with Gasteiger partial charge in [-0.25, -0.2) is 9.97 Å². The van der Waals surface area contributed by atoms with Crippen molar-refractivity contribution in [3.05, 3.63) is 71.3 Å². The summed E-state index contributed by atoms with van der Waals surface area (Å²) in [5.74, 6) is 0. The number of rotatable bonds is 4. The number of hydrogen-bond donors (Lipinski definition) is 0. The van der Waals surface area contributed by atoms with Gasteiger partial charge in [-0.1, -0.05) is 17.8 Å². The van der Waals surface area contributed by atoms with Gasteiger partial charge in [0.1, 0.15) is 0 Å². The van der Waals surface area contributed by atoms with Crippen LogP contribution >= 0.6 is 11.8 Å². The van der Waals surface area contributed by atoms with E-state index >= 15 is 0 Å². The fourth-order valence-electron chi connectivity index (χ4n) is 3.34. The Labute approximate surface area is 157 Å². The third-order valence-corrected chi connectivity index (χ3v) is 5.21. The van der Waals surface area contributed by atoms with Crippen LogP contribution in [0.1, 0.15) is 22.5 Å². The summed E-state index contributed by atoms with van der Waals surface area (Å²) in [6.45, 7) is 2.71. The SMILES string of the molecule is CSc1ncc2c(n1)CCN(Cc1cccn1-c1cccc(C#N)c1)C2. The van der Waals surface area contributed by atoms with Gasteiger partial charge in [-0.2, -0.15) is 5.26 Å². The van der Waals surface area contributed by atoms with Gasteiger partial charge in [-0.15, -0.1) is 0 Å². The highest BCUT2D eigenvalue weighted by Gasteiger charge is 2.19. The van der Waals surface area contributed by atoms with Gasteiger partial charge in [-0.3, -0.25) is 4.90 Å². The van der Waals surface area contributed by atoms with Crippen LogP contribution in [0.5, 0.6) is 0 Å². The minimum atomic E-state index is 0.677. The van der Waals surface area contributed by atoms with Crippen LogP contribution in [0.3, 0.4) is 0 Å². The predicted molar refractivity (Wildman–Crippen MR) is 102 cm³/mol. The third kappa shape index (κ3) is 3.36. The van der Waals surface area contributed by atoms with Crippen LogP contribution in [0.25, 0.3) is 5.69 Å². The summed E-state index contributed by atoms with van der Waals surface area (Å²) in [7, 11) is 0. The smallest absolute Gasteiger partial charge is 0.187 e. The van der Waals surface area contributed by atoms with E-state index in [0.29, 0.717) is 5.56 Å². The minimum absolute atomic E-state index is 0.677. The number of nitrogens with zero attached hydrogens (tertiary/aromatic N) is 5. The first-order valence-corrected chi connectivity index (χ1v) is 9.77. The van der Waals surface area contributed by atoms with Crippen LogP contribution in [0, 0.1) is 11.3 Å². The summed E-state index contributed by atoms with van der Waals surface area (Å²) in [5.41, 5.74) is 5.31. The molecule has 0 N–H and O–H groups in total. The second-order valence-corrected chi connectivity index (χ2v) is 7.09. The van der Waals surface area contributed by atoms with Gasteiger partial charge < -0.3 is 4.57 Å². The molecule has 3 aromatic rings. The minimum Gasteiger partial charge on any atom is -0.320 e. The molecule has 26 heavy (non-hydrogen) atoms. The molecule has 5 nitrogen and oxygen atoms in total. The Balaban J connectivity index is 1.54. The molecule has 0 bridgehead atoms. The van der Waals surface area contributed by atoms with Gasteiger partial charge in [0, 0.05) is 55.4 Å². The molecule has 3 heterocycles. The first-order chi connectivity index (χ1) is 12.8. The first-order valence-electron chi connectivity index (χ1n) is 8.55. The molecule has 0 aliphatic carbocycles. The fourth-order valence-corrected chi connectivity index (χ4v) is 3.70. The Bertz CT molecular complexity index is 972. The molecule has 1 aromatic carbocycles. The zero-order valence-electron chi connectivity index (χ0n) is 14.6. The predicted octanol–water partition coefficient (Wildman–Crippen LogP) is 3.42. The van der Waals surface area contributed by atoms with Crippen molar-refractivity contribution in [2.24, 2.45) is 0 Å². The zero-order valence-corrected chi connectivity index (χ0v) is 15.4. The molecule has 1 aliphatic rings. The molecule has 130 valence electrons. The molecule has 0 radical (unpaired) electrons. The molecule has 0 atom stereocenters. The van der Waals surface area contributed by atoms with Gasteiger partial charge >= 0.3 is 0 Å². The molecule has 6 heteroatoms. The lowest BCUT2D eigenvalue weighted by molar-refractivity contribution is 0.238. The number of thioether (sulfide) groups is 1. The van der Waals surface area contributed by atoms with Crippen molar-refractivity contribution in [3.63, 3.8) is 0 Å². The van der Waals surface area contributed by atoms with E-state index in [-0.39, 0.29) is 0 Å². The average molecular weight is 361 g/mol. The first kappa shape index (κ1) is 16.8. The quantitative estimate of drug-likeness (QED) is 0.526. The van der Waals surface area contributed by atoms with E-state index in [1.54, 1.807) is 11.8 Å². The molecule has 0 spiro atoms. The van der Waals surface area contributed by atoms with Crippen molar-refractivity contribution in [1.29, 1.82) is 5.26 Å². The second kappa shape index (κ2) is 7.32. The molecule has 0 unspecified atom stereocenters. The van der Waals surface area contributed by atoms with Crippen molar-refractivity contribution in [1.82, 2.24) is 19.4 Å². The zero-order chi connectivity index (χ0) is 17.9. The largest absolute Gasteiger partial charge is 0.320 e.